The van der Waals surface area contributed by atoms with Gasteiger partial charge in [-0.15, -0.1) is 0 Å². The highest BCUT2D eigenvalue weighted by Crippen LogP contribution is 2.33. The van der Waals surface area contributed by atoms with E-state index in [1.807, 2.05) is 6.92 Å². The van der Waals surface area contributed by atoms with Crippen molar-refractivity contribution >= 4 is 21.8 Å². The Morgan fingerprint density at radius 1 is 1.38 bits per heavy atom. The molecule has 0 radical (unpaired) electrons. The molecule has 1 saturated carbocycles. The number of benzene rings is 1. The van der Waals surface area contributed by atoms with E-state index in [4.69, 9.17) is 0 Å². The second-order valence-corrected chi connectivity index (χ2v) is 6.19. The molecule has 0 saturated heterocycles. The average molecular weight is 364 g/mol. The lowest BCUT2D eigenvalue weighted by atomic mass is 9.85. The summed E-state index contributed by atoms with van der Waals surface area (Å²) in [5.41, 5.74) is -0.722. The number of alkyl halides is 3. The summed E-state index contributed by atoms with van der Waals surface area (Å²) < 4.78 is 38.7. The molecule has 0 heterocycles. The second-order valence-electron chi connectivity index (χ2n) is 5.33. The predicted octanol–water partition coefficient (Wildman–Crippen LogP) is 4.73. The Hall–Kier alpha value is -1.04. The fourth-order valence-electron chi connectivity index (χ4n) is 2.38. The molecule has 0 atom stereocenters. The molecule has 1 aliphatic rings. The van der Waals surface area contributed by atoms with Crippen molar-refractivity contribution in [2.45, 2.75) is 32.4 Å². The first-order valence-electron chi connectivity index (χ1n) is 6.99. The van der Waals surface area contributed by atoms with Crippen LogP contribution in [0.1, 0.15) is 42.1 Å². The third-order valence-corrected chi connectivity index (χ3v) is 4.59. The molecule has 1 aromatic carbocycles. The van der Waals surface area contributed by atoms with E-state index in [2.05, 4.69) is 15.9 Å². The highest BCUT2D eigenvalue weighted by Gasteiger charge is 2.32. The minimum Gasteiger partial charge on any atom is -0.339 e. The molecule has 2 rings (SSSR count). The standard InChI is InChI=1S/C15H17BrF3NO/c1-2-20(9-10-4-3-5-10)14(21)12-8-11(15(17,18)19)6-7-13(12)16/h6-8,10H,2-5,9H2,1H3. The first-order valence-corrected chi connectivity index (χ1v) is 7.78. The lowest BCUT2D eigenvalue weighted by Gasteiger charge is -2.32. The fourth-order valence-corrected chi connectivity index (χ4v) is 2.79. The number of halogens is 4. The van der Waals surface area contributed by atoms with Crippen LogP contribution in [0.25, 0.3) is 0 Å². The Kier molecular flexibility index (Phi) is 4.96. The van der Waals surface area contributed by atoms with Crippen molar-refractivity contribution < 1.29 is 18.0 Å². The zero-order valence-electron chi connectivity index (χ0n) is 11.7. The molecular weight excluding hydrogens is 347 g/mol. The van der Waals surface area contributed by atoms with Gasteiger partial charge in [-0.1, -0.05) is 6.42 Å². The van der Waals surface area contributed by atoms with Crippen molar-refractivity contribution in [3.05, 3.63) is 33.8 Å². The number of rotatable bonds is 4. The van der Waals surface area contributed by atoms with Gasteiger partial charge in [-0.25, -0.2) is 0 Å². The van der Waals surface area contributed by atoms with Crippen LogP contribution in [0.3, 0.4) is 0 Å². The minimum absolute atomic E-state index is 0.0750. The maximum atomic E-state index is 12.8. The van der Waals surface area contributed by atoms with E-state index >= 15 is 0 Å². The Balaban J connectivity index is 2.23. The van der Waals surface area contributed by atoms with Crippen LogP contribution in [0.15, 0.2) is 22.7 Å². The molecule has 0 spiro atoms. The van der Waals surface area contributed by atoms with Gasteiger partial charge in [0.25, 0.3) is 5.91 Å². The van der Waals surface area contributed by atoms with E-state index in [0.717, 1.165) is 25.0 Å². The van der Waals surface area contributed by atoms with E-state index < -0.39 is 11.7 Å². The van der Waals surface area contributed by atoms with Crippen molar-refractivity contribution in [2.75, 3.05) is 13.1 Å². The van der Waals surface area contributed by atoms with Crippen molar-refractivity contribution in [1.29, 1.82) is 0 Å². The van der Waals surface area contributed by atoms with Gasteiger partial charge in [0.1, 0.15) is 0 Å². The van der Waals surface area contributed by atoms with Gasteiger partial charge in [0.2, 0.25) is 0 Å². The summed E-state index contributed by atoms with van der Waals surface area (Å²) in [7, 11) is 0. The first kappa shape index (κ1) is 16.3. The largest absolute Gasteiger partial charge is 0.416 e. The van der Waals surface area contributed by atoms with Crippen LogP contribution < -0.4 is 0 Å². The van der Waals surface area contributed by atoms with Gasteiger partial charge in [0, 0.05) is 17.6 Å². The minimum atomic E-state index is -4.44. The van der Waals surface area contributed by atoms with E-state index in [0.29, 0.717) is 23.5 Å². The Morgan fingerprint density at radius 3 is 2.52 bits per heavy atom. The SMILES string of the molecule is CCN(CC1CCC1)C(=O)c1cc(C(F)(F)F)ccc1Br. The third-order valence-electron chi connectivity index (χ3n) is 3.90. The summed E-state index contributed by atoms with van der Waals surface area (Å²) in [5.74, 6) is 0.140. The average Bonchev–Trinajstić information content (AvgIpc) is 2.36. The van der Waals surface area contributed by atoms with Gasteiger partial charge in [-0.2, -0.15) is 13.2 Å². The van der Waals surface area contributed by atoms with Crippen LogP contribution in [-0.4, -0.2) is 23.9 Å². The Morgan fingerprint density at radius 2 is 2.05 bits per heavy atom. The molecule has 116 valence electrons. The van der Waals surface area contributed by atoms with Crippen LogP contribution in [-0.2, 0) is 6.18 Å². The van der Waals surface area contributed by atoms with Crippen LogP contribution >= 0.6 is 15.9 Å². The molecular formula is C15H17BrF3NO. The molecule has 0 aromatic heterocycles. The number of hydrogen-bond donors (Lipinski definition) is 0. The highest BCUT2D eigenvalue weighted by molar-refractivity contribution is 9.10. The smallest absolute Gasteiger partial charge is 0.339 e. The molecule has 0 aliphatic heterocycles. The van der Waals surface area contributed by atoms with Crippen molar-refractivity contribution in [3.8, 4) is 0 Å². The maximum absolute atomic E-state index is 12.8. The summed E-state index contributed by atoms with van der Waals surface area (Å²) in [6.45, 7) is 2.97. The molecule has 1 amide bonds. The van der Waals surface area contributed by atoms with E-state index in [1.165, 1.54) is 12.5 Å². The Bertz CT molecular complexity index is 526. The summed E-state index contributed by atoms with van der Waals surface area (Å²) in [4.78, 5) is 14.1. The lowest BCUT2D eigenvalue weighted by molar-refractivity contribution is -0.137. The van der Waals surface area contributed by atoms with Crippen LogP contribution in [0.2, 0.25) is 0 Å². The van der Waals surface area contributed by atoms with Crippen molar-refractivity contribution in [2.24, 2.45) is 5.92 Å². The lowest BCUT2D eigenvalue weighted by Crippen LogP contribution is -2.37. The zero-order chi connectivity index (χ0) is 15.6. The van der Waals surface area contributed by atoms with Gasteiger partial charge in [-0.3, -0.25) is 4.79 Å². The molecule has 0 unspecified atom stereocenters. The quantitative estimate of drug-likeness (QED) is 0.757. The first-order chi connectivity index (χ1) is 9.82. The molecule has 1 aromatic rings. The third kappa shape index (κ3) is 3.78. The van der Waals surface area contributed by atoms with Crippen molar-refractivity contribution in [3.63, 3.8) is 0 Å². The molecule has 0 bridgehead atoms. The van der Waals surface area contributed by atoms with E-state index in [9.17, 15) is 18.0 Å². The van der Waals surface area contributed by atoms with Crippen LogP contribution in [0, 0.1) is 5.92 Å². The number of nitrogens with zero attached hydrogens (tertiary/aromatic N) is 1. The van der Waals surface area contributed by atoms with Crippen molar-refractivity contribution in [1.82, 2.24) is 4.90 Å². The predicted molar refractivity (Wildman–Crippen MR) is 78.1 cm³/mol. The van der Waals surface area contributed by atoms with Gasteiger partial charge >= 0.3 is 6.18 Å². The van der Waals surface area contributed by atoms with Crippen LogP contribution in [0.4, 0.5) is 13.2 Å². The second kappa shape index (κ2) is 6.38. The van der Waals surface area contributed by atoms with Gasteiger partial charge in [0.15, 0.2) is 0 Å². The highest BCUT2D eigenvalue weighted by atomic mass is 79.9. The Labute approximate surface area is 130 Å². The number of carbonyl (C=O) groups excluding carboxylic acids is 1. The number of carbonyl (C=O) groups is 1. The van der Waals surface area contributed by atoms with Gasteiger partial charge < -0.3 is 4.90 Å². The normalized spacial score (nSPS) is 15.7. The fraction of sp³-hybridized carbons (Fsp3) is 0.533. The van der Waals surface area contributed by atoms with Crippen LogP contribution in [0.5, 0.6) is 0 Å². The monoisotopic (exact) mass is 363 g/mol. The molecule has 6 heteroatoms. The maximum Gasteiger partial charge on any atom is 0.416 e. The molecule has 0 N–H and O–H groups in total. The molecule has 2 nitrogen and oxygen atoms in total. The van der Waals surface area contributed by atoms with Gasteiger partial charge in [0.05, 0.1) is 11.1 Å². The molecule has 1 fully saturated rings. The zero-order valence-corrected chi connectivity index (χ0v) is 13.3. The summed E-state index contributed by atoms with van der Waals surface area (Å²) in [5, 5.41) is 0. The van der Waals surface area contributed by atoms with E-state index in [1.54, 1.807) is 4.90 Å². The topological polar surface area (TPSA) is 20.3 Å². The summed E-state index contributed by atoms with van der Waals surface area (Å²) in [6, 6.07) is 3.19. The summed E-state index contributed by atoms with van der Waals surface area (Å²) in [6.07, 6.45) is -1.09. The van der Waals surface area contributed by atoms with E-state index in [-0.39, 0.29) is 11.5 Å². The van der Waals surface area contributed by atoms with Gasteiger partial charge in [-0.05, 0) is 59.8 Å². The number of amides is 1. The molecule has 1 aliphatic carbocycles. The number of hydrogen-bond acceptors (Lipinski definition) is 1. The summed E-state index contributed by atoms with van der Waals surface area (Å²) >= 11 is 3.18. The molecule has 21 heavy (non-hydrogen) atoms.